The second-order valence-electron chi connectivity index (χ2n) is 2.32. The summed E-state index contributed by atoms with van der Waals surface area (Å²) in [4.78, 5) is 20.8. The van der Waals surface area contributed by atoms with E-state index in [1.165, 1.54) is 13.2 Å². The molecule has 0 spiro atoms. The number of hydrogen-bond acceptors (Lipinski definition) is 4. The second kappa shape index (κ2) is 3.66. The summed E-state index contributed by atoms with van der Waals surface area (Å²) in [5.41, 5.74) is 5.72. The van der Waals surface area contributed by atoms with E-state index in [4.69, 9.17) is 10.5 Å². The Morgan fingerprint density at radius 2 is 2.23 bits per heavy atom. The molecule has 0 unspecified atom stereocenters. The molecule has 1 amide bonds. The van der Waals surface area contributed by atoms with E-state index in [0.717, 1.165) is 0 Å². The highest BCUT2D eigenvalue weighted by molar-refractivity contribution is 6.00. The van der Waals surface area contributed by atoms with E-state index < -0.39 is 5.91 Å². The highest BCUT2D eigenvalue weighted by Crippen LogP contribution is 2.24. The zero-order valence-electron chi connectivity index (χ0n) is 6.98. The summed E-state index contributed by atoms with van der Waals surface area (Å²) in [6.45, 7) is 0. The van der Waals surface area contributed by atoms with Crippen LogP contribution in [0.2, 0.25) is 0 Å². The Bertz CT molecular complexity index is 349. The van der Waals surface area contributed by atoms with Crippen LogP contribution in [0.15, 0.2) is 23.4 Å². The predicted molar refractivity (Wildman–Crippen MR) is 47.5 cm³/mol. The molecule has 1 rings (SSSR count). The first kappa shape index (κ1) is 9.18. The Hall–Kier alpha value is -1.91. The Morgan fingerprint density at radius 3 is 2.77 bits per heavy atom. The zero-order valence-corrected chi connectivity index (χ0v) is 6.98. The van der Waals surface area contributed by atoms with E-state index in [1.807, 2.05) is 0 Å². The number of benzene rings is 1. The maximum absolute atomic E-state index is 10.9. The van der Waals surface area contributed by atoms with Crippen molar-refractivity contribution in [1.82, 2.24) is 0 Å². The average molecular weight is 180 g/mol. The second-order valence-corrected chi connectivity index (χ2v) is 2.32. The quantitative estimate of drug-likeness (QED) is 0.547. The third-order valence-electron chi connectivity index (χ3n) is 1.60. The van der Waals surface area contributed by atoms with Crippen molar-refractivity contribution in [2.75, 3.05) is 12.8 Å². The average Bonchev–Trinajstić information content (AvgIpc) is 2.17. The third kappa shape index (κ3) is 1.64. The van der Waals surface area contributed by atoms with Gasteiger partial charge in [-0.05, 0) is 12.1 Å². The van der Waals surface area contributed by atoms with Gasteiger partial charge in [0, 0.05) is 5.18 Å². The fraction of sp³-hybridized carbons (Fsp3) is 0.125. The monoisotopic (exact) mass is 180 g/mol. The molecule has 0 saturated heterocycles. The van der Waals surface area contributed by atoms with Gasteiger partial charge in [0.15, 0.2) is 0 Å². The van der Waals surface area contributed by atoms with Gasteiger partial charge in [0.05, 0.1) is 18.4 Å². The van der Waals surface area contributed by atoms with Crippen molar-refractivity contribution in [3.8, 4) is 5.75 Å². The lowest BCUT2D eigenvalue weighted by Crippen LogP contribution is -2.02. The number of carbonyl (C=O) groups excluding carboxylic acids is 1. The Morgan fingerprint density at radius 1 is 1.54 bits per heavy atom. The molecule has 0 aromatic heterocycles. The normalized spacial score (nSPS) is 9.31. The topological polar surface area (TPSA) is 81.8 Å². The number of nitroso groups, excluding NO2 is 1. The van der Waals surface area contributed by atoms with E-state index in [2.05, 4.69) is 5.18 Å². The number of nitrogen functional groups attached to an aromatic ring is 1. The van der Waals surface area contributed by atoms with E-state index in [0.29, 0.717) is 5.75 Å². The maximum atomic E-state index is 10.9. The lowest BCUT2D eigenvalue weighted by atomic mass is 10.1. The van der Waals surface area contributed by atoms with Gasteiger partial charge in [0.1, 0.15) is 5.75 Å². The molecule has 0 aliphatic heterocycles. The smallest absolute Gasteiger partial charge is 0.318 e. The number of carbonyl (C=O) groups is 1. The van der Waals surface area contributed by atoms with E-state index in [1.54, 1.807) is 12.1 Å². The SMILES string of the molecule is COc1cccc(C(=O)N=O)c1N. The van der Waals surface area contributed by atoms with E-state index >= 15 is 0 Å². The van der Waals surface area contributed by atoms with Crippen molar-refractivity contribution in [3.63, 3.8) is 0 Å². The van der Waals surface area contributed by atoms with Crippen molar-refractivity contribution in [2.45, 2.75) is 0 Å². The molecule has 0 aliphatic carbocycles. The summed E-state index contributed by atoms with van der Waals surface area (Å²) in [7, 11) is 1.42. The molecule has 0 aliphatic rings. The van der Waals surface area contributed by atoms with Gasteiger partial charge in [-0.1, -0.05) is 6.07 Å². The van der Waals surface area contributed by atoms with Gasteiger partial charge < -0.3 is 10.5 Å². The molecule has 2 N–H and O–H groups in total. The van der Waals surface area contributed by atoms with Crippen LogP contribution in [0.1, 0.15) is 10.4 Å². The standard InChI is InChI=1S/C8H8N2O3/c1-13-6-4-2-3-5(7(6)9)8(11)10-12/h2-4H,9H2,1H3. The molecule has 0 saturated carbocycles. The lowest BCUT2D eigenvalue weighted by molar-refractivity contribution is 0.100. The number of rotatable bonds is 2. The minimum Gasteiger partial charge on any atom is -0.495 e. The lowest BCUT2D eigenvalue weighted by Gasteiger charge is -2.05. The largest absolute Gasteiger partial charge is 0.495 e. The molecule has 0 heterocycles. The molecule has 0 bridgehead atoms. The molecule has 13 heavy (non-hydrogen) atoms. The molecule has 0 atom stereocenters. The van der Waals surface area contributed by atoms with Gasteiger partial charge in [-0.15, -0.1) is 4.91 Å². The van der Waals surface area contributed by atoms with E-state index in [-0.39, 0.29) is 11.3 Å². The van der Waals surface area contributed by atoms with E-state index in [9.17, 15) is 9.70 Å². The Kier molecular flexibility index (Phi) is 2.59. The molecule has 68 valence electrons. The van der Waals surface area contributed by atoms with Gasteiger partial charge in [-0.2, -0.15) is 0 Å². The maximum Gasteiger partial charge on any atom is 0.318 e. The fourth-order valence-electron chi connectivity index (χ4n) is 0.958. The van der Waals surface area contributed by atoms with Crippen molar-refractivity contribution in [1.29, 1.82) is 0 Å². The number of methoxy groups -OCH3 is 1. The first-order valence-corrected chi connectivity index (χ1v) is 3.51. The van der Waals surface area contributed by atoms with Crippen LogP contribution in [0.25, 0.3) is 0 Å². The molecular weight excluding hydrogens is 172 g/mol. The summed E-state index contributed by atoms with van der Waals surface area (Å²) in [6, 6.07) is 4.58. The summed E-state index contributed by atoms with van der Waals surface area (Å²) >= 11 is 0. The number of hydrogen-bond donors (Lipinski definition) is 1. The summed E-state index contributed by atoms with van der Waals surface area (Å²) in [6.07, 6.45) is 0. The van der Waals surface area contributed by atoms with Crippen molar-refractivity contribution in [2.24, 2.45) is 5.18 Å². The van der Waals surface area contributed by atoms with Crippen LogP contribution in [0.4, 0.5) is 5.69 Å². The molecule has 1 aromatic carbocycles. The minimum absolute atomic E-state index is 0.0642. The van der Waals surface area contributed by atoms with Crippen LogP contribution in [-0.4, -0.2) is 13.0 Å². The van der Waals surface area contributed by atoms with Gasteiger partial charge in [0.2, 0.25) is 0 Å². The molecule has 5 heteroatoms. The first-order valence-electron chi connectivity index (χ1n) is 3.51. The van der Waals surface area contributed by atoms with Crippen LogP contribution < -0.4 is 10.5 Å². The number of anilines is 1. The van der Waals surface area contributed by atoms with Crippen LogP contribution in [-0.2, 0) is 0 Å². The predicted octanol–water partition coefficient (Wildman–Crippen LogP) is 1.18. The number of para-hydroxylation sites is 1. The van der Waals surface area contributed by atoms with Gasteiger partial charge in [0.25, 0.3) is 0 Å². The van der Waals surface area contributed by atoms with Crippen molar-refractivity contribution in [3.05, 3.63) is 28.7 Å². The Labute approximate surface area is 74.5 Å². The number of nitrogens with zero attached hydrogens (tertiary/aromatic N) is 1. The zero-order chi connectivity index (χ0) is 9.84. The molecule has 0 radical (unpaired) electrons. The van der Waals surface area contributed by atoms with Crippen molar-refractivity contribution >= 4 is 11.6 Å². The van der Waals surface area contributed by atoms with Gasteiger partial charge in [-0.3, -0.25) is 4.79 Å². The minimum atomic E-state index is -0.892. The van der Waals surface area contributed by atoms with Crippen molar-refractivity contribution < 1.29 is 9.53 Å². The van der Waals surface area contributed by atoms with Crippen LogP contribution >= 0.6 is 0 Å². The summed E-state index contributed by atoms with van der Waals surface area (Å²) in [5, 5.41) is 2.27. The fourth-order valence-corrected chi connectivity index (χ4v) is 0.958. The van der Waals surface area contributed by atoms with Crippen LogP contribution in [0, 0.1) is 4.91 Å². The van der Waals surface area contributed by atoms with Crippen LogP contribution in [0.3, 0.4) is 0 Å². The summed E-state index contributed by atoms with van der Waals surface area (Å²) in [5.74, 6) is -0.536. The number of ether oxygens (including phenoxy) is 1. The third-order valence-corrected chi connectivity index (χ3v) is 1.60. The molecular formula is C8H8N2O3. The van der Waals surface area contributed by atoms with Gasteiger partial charge >= 0.3 is 5.91 Å². The highest BCUT2D eigenvalue weighted by atomic mass is 16.5. The number of amides is 1. The first-order chi connectivity index (χ1) is 6.20. The molecule has 1 aromatic rings. The summed E-state index contributed by atoms with van der Waals surface area (Å²) < 4.78 is 4.86. The highest BCUT2D eigenvalue weighted by Gasteiger charge is 2.12. The molecule has 0 fully saturated rings. The molecule has 5 nitrogen and oxygen atoms in total. The number of nitrogens with two attached hydrogens (primary N) is 1. The Balaban J connectivity index is 3.22. The van der Waals surface area contributed by atoms with Crippen LogP contribution in [0.5, 0.6) is 5.75 Å². The van der Waals surface area contributed by atoms with Gasteiger partial charge in [-0.25, -0.2) is 0 Å².